The number of rotatable bonds is 3. The van der Waals surface area contributed by atoms with Crippen LogP contribution in [-0.4, -0.2) is 39.0 Å². The zero-order valence-corrected chi connectivity index (χ0v) is 14.3. The average Bonchev–Trinajstić information content (AvgIpc) is 3.15. The molecule has 1 atom stereocenters. The van der Waals surface area contributed by atoms with Crippen molar-refractivity contribution in [1.82, 2.24) is 9.47 Å². The number of aromatic nitrogens is 1. The van der Waals surface area contributed by atoms with Gasteiger partial charge in [-0.15, -0.1) is 11.8 Å². The molecule has 0 saturated carbocycles. The molecule has 0 aliphatic carbocycles. The van der Waals surface area contributed by atoms with Gasteiger partial charge in [-0.25, -0.2) is 4.39 Å². The number of benzene rings is 1. The van der Waals surface area contributed by atoms with Crippen molar-refractivity contribution in [3.63, 3.8) is 0 Å². The number of anilines is 1. The van der Waals surface area contributed by atoms with E-state index in [9.17, 15) is 14.0 Å². The Hall–Kier alpha value is -2.28. The molecule has 2 amide bonds. The summed E-state index contributed by atoms with van der Waals surface area (Å²) in [6.07, 6.45) is 0. The molecule has 1 N–H and O–H groups in total. The predicted octanol–water partition coefficient (Wildman–Crippen LogP) is 2.63. The van der Waals surface area contributed by atoms with Crippen LogP contribution < -0.4 is 5.32 Å². The van der Waals surface area contributed by atoms with Crippen molar-refractivity contribution in [1.29, 1.82) is 0 Å². The fourth-order valence-corrected chi connectivity index (χ4v) is 3.78. The van der Waals surface area contributed by atoms with Crippen LogP contribution in [0, 0.1) is 12.7 Å². The zero-order chi connectivity index (χ0) is 17.3. The maximum atomic E-state index is 13.2. The Kier molecular flexibility index (Phi) is 4.62. The van der Waals surface area contributed by atoms with Crippen molar-refractivity contribution in [2.24, 2.45) is 7.05 Å². The number of hydrogen-bond acceptors (Lipinski definition) is 3. The van der Waals surface area contributed by atoms with E-state index in [4.69, 9.17) is 0 Å². The first kappa shape index (κ1) is 16.6. The minimum absolute atomic E-state index is 0.171. The fraction of sp³-hybridized carbons (Fsp3) is 0.294. The van der Waals surface area contributed by atoms with Gasteiger partial charge in [0, 0.05) is 24.2 Å². The van der Waals surface area contributed by atoms with Gasteiger partial charge < -0.3 is 14.8 Å². The standard InChI is InChI=1S/C17H18FN3O2S/c1-11-6-7-14(20(11)2)17(23)21-10-24-9-15(21)16(22)19-13-5-3-4-12(18)8-13/h3-8,15H,9-10H2,1-2H3,(H,19,22)/t15-/m1/s1. The lowest BCUT2D eigenvalue weighted by Gasteiger charge is -2.23. The van der Waals surface area contributed by atoms with Crippen LogP contribution in [0.3, 0.4) is 0 Å². The second-order valence-corrected chi connectivity index (χ2v) is 6.71. The molecule has 3 rings (SSSR count). The number of amides is 2. The van der Waals surface area contributed by atoms with Crippen LogP contribution in [0.1, 0.15) is 16.2 Å². The molecule has 1 aliphatic rings. The Morgan fingerprint density at radius 2 is 2.08 bits per heavy atom. The monoisotopic (exact) mass is 347 g/mol. The molecule has 0 radical (unpaired) electrons. The first-order valence-electron chi connectivity index (χ1n) is 7.55. The summed E-state index contributed by atoms with van der Waals surface area (Å²) in [6.45, 7) is 1.92. The van der Waals surface area contributed by atoms with Crippen LogP contribution in [0.15, 0.2) is 36.4 Å². The highest BCUT2D eigenvalue weighted by Gasteiger charge is 2.36. The molecular weight excluding hydrogens is 329 g/mol. The highest BCUT2D eigenvalue weighted by molar-refractivity contribution is 7.99. The number of nitrogens with one attached hydrogen (secondary N) is 1. The molecule has 0 bridgehead atoms. The third kappa shape index (κ3) is 3.17. The van der Waals surface area contributed by atoms with Gasteiger partial charge in [-0.3, -0.25) is 9.59 Å². The Morgan fingerprint density at radius 1 is 1.29 bits per heavy atom. The maximum Gasteiger partial charge on any atom is 0.271 e. The van der Waals surface area contributed by atoms with Gasteiger partial charge in [-0.1, -0.05) is 6.07 Å². The lowest BCUT2D eigenvalue weighted by Crippen LogP contribution is -2.45. The van der Waals surface area contributed by atoms with Gasteiger partial charge in [0.15, 0.2) is 0 Å². The van der Waals surface area contributed by atoms with Crippen LogP contribution in [0.4, 0.5) is 10.1 Å². The van der Waals surface area contributed by atoms with Gasteiger partial charge in [0.25, 0.3) is 5.91 Å². The summed E-state index contributed by atoms with van der Waals surface area (Å²) in [6, 6.07) is 8.79. The fourth-order valence-electron chi connectivity index (χ4n) is 2.63. The van der Waals surface area contributed by atoms with E-state index < -0.39 is 11.9 Å². The van der Waals surface area contributed by atoms with Crippen molar-refractivity contribution in [2.75, 3.05) is 16.9 Å². The first-order valence-corrected chi connectivity index (χ1v) is 8.70. The second kappa shape index (κ2) is 6.68. The molecular formula is C17H18FN3O2S. The molecule has 2 heterocycles. The van der Waals surface area contributed by atoms with Crippen LogP contribution in [0.2, 0.25) is 0 Å². The lowest BCUT2D eigenvalue weighted by atomic mass is 10.2. The summed E-state index contributed by atoms with van der Waals surface area (Å²) in [5.74, 6) is 0.0984. The summed E-state index contributed by atoms with van der Waals surface area (Å²) in [4.78, 5) is 26.8. The van der Waals surface area contributed by atoms with Crippen molar-refractivity contribution in [3.8, 4) is 0 Å². The number of thioether (sulfide) groups is 1. The van der Waals surface area contributed by atoms with Crippen molar-refractivity contribution >= 4 is 29.3 Å². The van der Waals surface area contributed by atoms with Crippen molar-refractivity contribution < 1.29 is 14.0 Å². The molecule has 126 valence electrons. The number of aryl methyl sites for hydroxylation is 1. The number of halogens is 1. The first-order chi connectivity index (χ1) is 11.5. The number of carbonyl (C=O) groups excluding carboxylic acids is 2. The Labute approximate surface area is 143 Å². The van der Waals surface area contributed by atoms with E-state index >= 15 is 0 Å². The summed E-state index contributed by atoms with van der Waals surface area (Å²) in [7, 11) is 1.83. The van der Waals surface area contributed by atoms with Crippen LogP contribution >= 0.6 is 11.8 Å². The minimum atomic E-state index is -0.569. The largest absolute Gasteiger partial charge is 0.344 e. The van der Waals surface area contributed by atoms with Gasteiger partial charge in [-0.05, 0) is 37.3 Å². The van der Waals surface area contributed by atoms with E-state index in [1.807, 2.05) is 24.6 Å². The second-order valence-electron chi connectivity index (χ2n) is 5.71. The van der Waals surface area contributed by atoms with E-state index in [0.717, 1.165) is 5.69 Å². The van der Waals surface area contributed by atoms with Gasteiger partial charge in [0.05, 0.1) is 5.88 Å². The minimum Gasteiger partial charge on any atom is -0.344 e. The van der Waals surface area contributed by atoms with Crippen molar-refractivity contribution in [2.45, 2.75) is 13.0 Å². The highest BCUT2D eigenvalue weighted by atomic mass is 32.2. The van der Waals surface area contributed by atoms with Gasteiger partial charge >= 0.3 is 0 Å². The Bertz CT molecular complexity index is 790. The third-order valence-corrected chi connectivity index (χ3v) is 5.14. The summed E-state index contributed by atoms with van der Waals surface area (Å²) in [5, 5.41) is 2.69. The predicted molar refractivity (Wildman–Crippen MR) is 92.5 cm³/mol. The van der Waals surface area contributed by atoms with Gasteiger partial charge in [0.1, 0.15) is 17.6 Å². The lowest BCUT2D eigenvalue weighted by molar-refractivity contribution is -0.119. The molecule has 1 aromatic carbocycles. The molecule has 1 fully saturated rings. The maximum absolute atomic E-state index is 13.2. The number of carbonyl (C=O) groups is 2. The summed E-state index contributed by atoms with van der Waals surface area (Å²) in [5.41, 5.74) is 1.92. The van der Waals surface area contributed by atoms with Crippen molar-refractivity contribution in [3.05, 3.63) is 53.6 Å². The molecule has 0 spiro atoms. The van der Waals surface area contributed by atoms with Gasteiger partial charge in [0.2, 0.25) is 5.91 Å². The van der Waals surface area contributed by atoms with E-state index in [-0.39, 0.29) is 11.8 Å². The molecule has 24 heavy (non-hydrogen) atoms. The van der Waals surface area contributed by atoms with Crippen LogP contribution in [-0.2, 0) is 11.8 Å². The Morgan fingerprint density at radius 3 is 2.75 bits per heavy atom. The molecule has 1 saturated heterocycles. The molecule has 1 aromatic heterocycles. The number of hydrogen-bond donors (Lipinski definition) is 1. The Balaban J connectivity index is 1.76. The SMILES string of the molecule is Cc1ccc(C(=O)N2CSC[C@@H]2C(=O)Nc2cccc(F)c2)n1C. The number of nitrogens with zero attached hydrogens (tertiary/aromatic N) is 2. The third-order valence-electron chi connectivity index (χ3n) is 4.13. The highest BCUT2D eigenvalue weighted by Crippen LogP contribution is 2.25. The van der Waals surface area contributed by atoms with E-state index in [1.165, 1.54) is 30.0 Å². The summed E-state index contributed by atoms with van der Waals surface area (Å²) < 4.78 is 15.1. The zero-order valence-electron chi connectivity index (χ0n) is 13.5. The molecule has 7 heteroatoms. The molecule has 5 nitrogen and oxygen atoms in total. The molecule has 1 aliphatic heterocycles. The molecule has 2 aromatic rings. The molecule has 0 unspecified atom stereocenters. The van der Waals surface area contributed by atoms with Crippen LogP contribution in [0.5, 0.6) is 0 Å². The summed E-state index contributed by atoms with van der Waals surface area (Å²) >= 11 is 1.53. The van der Waals surface area contributed by atoms with E-state index in [1.54, 1.807) is 17.0 Å². The van der Waals surface area contributed by atoms with E-state index in [2.05, 4.69) is 5.32 Å². The van der Waals surface area contributed by atoms with Crippen LogP contribution in [0.25, 0.3) is 0 Å². The smallest absolute Gasteiger partial charge is 0.271 e. The van der Waals surface area contributed by atoms with E-state index in [0.29, 0.717) is 23.0 Å². The topological polar surface area (TPSA) is 54.3 Å². The average molecular weight is 347 g/mol. The quantitative estimate of drug-likeness (QED) is 0.929. The normalized spacial score (nSPS) is 17.1. The van der Waals surface area contributed by atoms with Gasteiger partial charge in [-0.2, -0.15) is 0 Å².